The van der Waals surface area contributed by atoms with Crippen molar-refractivity contribution in [3.63, 3.8) is 0 Å². The molecule has 0 aliphatic carbocycles. The van der Waals surface area contributed by atoms with Crippen LogP contribution < -0.4 is 4.90 Å². The lowest BCUT2D eigenvalue weighted by Crippen LogP contribution is -2.48. The van der Waals surface area contributed by atoms with Crippen LogP contribution >= 0.6 is 11.3 Å². The van der Waals surface area contributed by atoms with Crippen molar-refractivity contribution < 1.29 is 14.6 Å². The molecule has 1 aromatic carbocycles. The summed E-state index contributed by atoms with van der Waals surface area (Å²) >= 11 is 0.872. The summed E-state index contributed by atoms with van der Waals surface area (Å²) in [6, 6.07) is 9.61. The number of benzene rings is 1. The number of carbonyl (C=O) groups excluding carboxylic acids is 1. The first-order chi connectivity index (χ1) is 14.3. The number of hydrogen-bond donors (Lipinski definition) is 0. The standard InChI is InChI=1S/C19H17N5O5S/c1-12-11-15(13-3-2-4-14(23(26)27)18(13)20-12)21-7-9-22(10-8-21)19(25)16-5-6-17(30-16)24(28)29/h2-6,11H,7-10H2,1H3. The van der Waals surface area contributed by atoms with Gasteiger partial charge in [-0.3, -0.25) is 25.0 Å². The van der Waals surface area contributed by atoms with Crippen LogP contribution in [0.4, 0.5) is 16.4 Å². The Morgan fingerprint density at radius 2 is 1.80 bits per heavy atom. The second-order valence-corrected chi connectivity index (χ2v) is 7.95. The minimum absolute atomic E-state index is 0.0365. The highest BCUT2D eigenvalue weighted by Crippen LogP contribution is 2.33. The molecule has 3 aromatic rings. The van der Waals surface area contributed by atoms with E-state index in [-0.39, 0.29) is 16.6 Å². The number of nitro groups is 2. The molecule has 11 heteroatoms. The number of nitro benzene ring substituents is 1. The lowest BCUT2D eigenvalue weighted by atomic mass is 10.1. The Kier molecular flexibility index (Phi) is 5.04. The zero-order valence-electron chi connectivity index (χ0n) is 16.0. The van der Waals surface area contributed by atoms with Crippen molar-refractivity contribution in [2.75, 3.05) is 31.1 Å². The Bertz CT molecular complexity index is 1170. The molecule has 1 aliphatic rings. The molecule has 1 aliphatic heterocycles. The number of thiophene rings is 1. The minimum Gasteiger partial charge on any atom is -0.367 e. The van der Waals surface area contributed by atoms with Crippen LogP contribution in [0.3, 0.4) is 0 Å². The fraction of sp³-hybridized carbons (Fsp3) is 0.263. The number of para-hydroxylation sites is 1. The van der Waals surface area contributed by atoms with Gasteiger partial charge in [-0.1, -0.05) is 23.5 Å². The maximum atomic E-state index is 12.7. The molecule has 0 bridgehead atoms. The predicted octanol–water partition coefficient (Wildman–Crippen LogP) is 3.38. The Morgan fingerprint density at radius 3 is 2.43 bits per heavy atom. The summed E-state index contributed by atoms with van der Waals surface area (Å²) in [5.74, 6) is -0.223. The van der Waals surface area contributed by atoms with Crippen LogP contribution in [0.2, 0.25) is 0 Å². The molecule has 1 fully saturated rings. The Morgan fingerprint density at radius 1 is 1.07 bits per heavy atom. The van der Waals surface area contributed by atoms with Crippen molar-refractivity contribution in [2.45, 2.75) is 6.92 Å². The number of carbonyl (C=O) groups is 1. The molecule has 4 rings (SSSR count). The highest BCUT2D eigenvalue weighted by Gasteiger charge is 2.26. The van der Waals surface area contributed by atoms with Gasteiger partial charge < -0.3 is 9.80 Å². The van der Waals surface area contributed by atoms with Crippen molar-refractivity contribution in [3.8, 4) is 0 Å². The third kappa shape index (κ3) is 3.54. The number of fused-ring (bicyclic) bond motifs is 1. The summed E-state index contributed by atoms with van der Waals surface area (Å²) in [6.07, 6.45) is 0. The first kappa shape index (κ1) is 19.7. The molecule has 2 aromatic heterocycles. The number of non-ortho nitro benzene ring substituents is 1. The number of aryl methyl sites for hydroxylation is 1. The van der Waals surface area contributed by atoms with E-state index in [1.165, 1.54) is 18.2 Å². The van der Waals surface area contributed by atoms with Crippen molar-refractivity contribution in [1.82, 2.24) is 9.88 Å². The normalized spacial score (nSPS) is 14.2. The predicted molar refractivity (Wildman–Crippen MR) is 112 cm³/mol. The third-order valence-corrected chi connectivity index (χ3v) is 6.04. The van der Waals surface area contributed by atoms with Crippen LogP contribution in [0.1, 0.15) is 15.4 Å². The molecule has 1 saturated heterocycles. The highest BCUT2D eigenvalue weighted by molar-refractivity contribution is 7.17. The summed E-state index contributed by atoms with van der Waals surface area (Å²) < 4.78 is 0. The number of anilines is 1. The fourth-order valence-electron chi connectivity index (χ4n) is 3.60. The molecule has 0 spiro atoms. The molecule has 10 nitrogen and oxygen atoms in total. The first-order valence-corrected chi connectivity index (χ1v) is 10.00. The third-order valence-electron chi connectivity index (χ3n) is 5.01. The van der Waals surface area contributed by atoms with E-state index in [9.17, 15) is 25.0 Å². The van der Waals surface area contributed by atoms with E-state index in [1.807, 2.05) is 12.1 Å². The van der Waals surface area contributed by atoms with Crippen LogP contribution in [0, 0.1) is 27.2 Å². The Balaban J connectivity index is 1.56. The van der Waals surface area contributed by atoms with Gasteiger partial charge in [0.1, 0.15) is 0 Å². The molecule has 30 heavy (non-hydrogen) atoms. The van der Waals surface area contributed by atoms with Gasteiger partial charge in [0.2, 0.25) is 0 Å². The number of piperazine rings is 1. The number of rotatable bonds is 4. The van der Waals surface area contributed by atoms with Crippen LogP contribution in [-0.2, 0) is 0 Å². The van der Waals surface area contributed by atoms with E-state index in [0.717, 1.165) is 17.0 Å². The molecule has 0 unspecified atom stereocenters. The quantitative estimate of drug-likeness (QED) is 0.462. The lowest BCUT2D eigenvalue weighted by Gasteiger charge is -2.36. The lowest BCUT2D eigenvalue weighted by molar-refractivity contribution is -0.383. The monoisotopic (exact) mass is 427 g/mol. The maximum Gasteiger partial charge on any atom is 0.324 e. The van der Waals surface area contributed by atoms with E-state index in [1.54, 1.807) is 17.9 Å². The SMILES string of the molecule is Cc1cc(N2CCN(C(=O)c3ccc([N+](=O)[O-])s3)CC2)c2cccc([N+](=O)[O-])c2n1. The molecule has 0 atom stereocenters. The van der Waals surface area contributed by atoms with Crippen molar-refractivity contribution >= 4 is 44.5 Å². The largest absolute Gasteiger partial charge is 0.367 e. The Labute approximate surface area is 174 Å². The second kappa shape index (κ2) is 7.67. The second-order valence-electron chi connectivity index (χ2n) is 6.89. The van der Waals surface area contributed by atoms with E-state index in [0.29, 0.717) is 47.7 Å². The molecular formula is C19H17N5O5S. The Hall–Kier alpha value is -3.60. The molecule has 0 radical (unpaired) electrons. The molecule has 154 valence electrons. The van der Waals surface area contributed by atoms with E-state index < -0.39 is 9.85 Å². The van der Waals surface area contributed by atoms with Gasteiger partial charge in [0.05, 0.1) is 14.7 Å². The van der Waals surface area contributed by atoms with Crippen LogP contribution in [-0.4, -0.2) is 51.8 Å². The number of aromatic nitrogens is 1. The highest BCUT2D eigenvalue weighted by atomic mass is 32.1. The van der Waals surface area contributed by atoms with Crippen LogP contribution in [0.5, 0.6) is 0 Å². The number of hydrogen-bond acceptors (Lipinski definition) is 8. The van der Waals surface area contributed by atoms with Crippen LogP contribution in [0.15, 0.2) is 36.4 Å². The molecule has 3 heterocycles. The van der Waals surface area contributed by atoms with Crippen molar-refractivity contribution in [1.29, 1.82) is 0 Å². The van der Waals surface area contributed by atoms with E-state index >= 15 is 0 Å². The summed E-state index contributed by atoms with van der Waals surface area (Å²) in [5, 5.41) is 22.9. The van der Waals surface area contributed by atoms with Crippen molar-refractivity contribution in [3.05, 3.63) is 67.2 Å². The molecule has 0 N–H and O–H groups in total. The number of pyridine rings is 1. The van der Waals surface area contributed by atoms with Gasteiger partial charge in [-0.2, -0.15) is 0 Å². The molecule has 1 amide bonds. The number of nitrogens with zero attached hydrogens (tertiary/aromatic N) is 5. The summed E-state index contributed by atoms with van der Waals surface area (Å²) in [7, 11) is 0. The fourth-order valence-corrected chi connectivity index (χ4v) is 4.38. The van der Waals surface area contributed by atoms with Gasteiger partial charge in [-0.15, -0.1) is 0 Å². The topological polar surface area (TPSA) is 123 Å². The van der Waals surface area contributed by atoms with Crippen LogP contribution in [0.25, 0.3) is 10.9 Å². The zero-order chi connectivity index (χ0) is 21.4. The first-order valence-electron chi connectivity index (χ1n) is 9.18. The van der Waals surface area contributed by atoms with Gasteiger partial charge in [0.25, 0.3) is 11.6 Å². The van der Waals surface area contributed by atoms with Gasteiger partial charge in [-0.05, 0) is 19.1 Å². The van der Waals surface area contributed by atoms with Crippen molar-refractivity contribution in [2.24, 2.45) is 0 Å². The maximum absolute atomic E-state index is 12.7. The average molecular weight is 427 g/mol. The number of amides is 1. The van der Waals surface area contributed by atoms with Gasteiger partial charge in [-0.25, -0.2) is 4.98 Å². The molecule has 0 saturated carbocycles. The zero-order valence-corrected chi connectivity index (χ0v) is 16.8. The average Bonchev–Trinajstić information content (AvgIpc) is 3.23. The summed E-state index contributed by atoms with van der Waals surface area (Å²) in [5.41, 5.74) is 1.84. The minimum atomic E-state index is -0.505. The van der Waals surface area contributed by atoms with Gasteiger partial charge in [0, 0.05) is 55.1 Å². The molecular weight excluding hydrogens is 410 g/mol. The smallest absolute Gasteiger partial charge is 0.324 e. The van der Waals surface area contributed by atoms with E-state index in [4.69, 9.17) is 0 Å². The van der Waals surface area contributed by atoms with Gasteiger partial charge >= 0.3 is 5.00 Å². The summed E-state index contributed by atoms with van der Waals surface area (Å²) in [6.45, 7) is 3.77. The summed E-state index contributed by atoms with van der Waals surface area (Å²) in [4.78, 5) is 42.4. The van der Waals surface area contributed by atoms with E-state index in [2.05, 4.69) is 9.88 Å². The van der Waals surface area contributed by atoms with Gasteiger partial charge in [0.15, 0.2) is 5.52 Å².